The second-order valence-electron chi connectivity index (χ2n) is 5.90. The van der Waals surface area contributed by atoms with Crippen LogP contribution in [-0.2, 0) is 20.7 Å². The van der Waals surface area contributed by atoms with Crippen LogP contribution in [-0.4, -0.2) is 48.2 Å². The summed E-state index contributed by atoms with van der Waals surface area (Å²) in [6, 6.07) is 5.08. The van der Waals surface area contributed by atoms with Crippen LogP contribution in [0.1, 0.15) is 29.8 Å². The van der Waals surface area contributed by atoms with Crippen molar-refractivity contribution < 1.29 is 19.1 Å². The summed E-state index contributed by atoms with van der Waals surface area (Å²) in [5, 5.41) is 0.483. The first-order valence-electron chi connectivity index (χ1n) is 7.37. The molecular formula is C16H18ClNO4. The molecule has 0 aliphatic carbocycles. The molecule has 2 aliphatic rings. The largest absolute Gasteiger partial charge is 0.448 e. The molecule has 118 valence electrons. The molecule has 0 spiro atoms. The molecule has 3 atom stereocenters. The first-order valence-corrected chi connectivity index (χ1v) is 7.75. The number of cyclic esters (lactones) is 1. The van der Waals surface area contributed by atoms with Gasteiger partial charge in [-0.2, -0.15) is 0 Å². The van der Waals surface area contributed by atoms with Gasteiger partial charge in [-0.25, -0.2) is 4.79 Å². The summed E-state index contributed by atoms with van der Waals surface area (Å²) in [5.41, 5.74) is 1.24. The Morgan fingerprint density at radius 1 is 1.27 bits per heavy atom. The molecular weight excluding hydrogens is 306 g/mol. The molecule has 0 aromatic heterocycles. The van der Waals surface area contributed by atoms with Crippen molar-refractivity contribution in [2.24, 2.45) is 0 Å². The molecule has 1 saturated heterocycles. The summed E-state index contributed by atoms with van der Waals surface area (Å²) in [6.07, 6.45) is -0.410. The Morgan fingerprint density at radius 3 is 2.64 bits per heavy atom. The minimum absolute atomic E-state index is 0.0157. The van der Waals surface area contributed by atoms with Crippen LogP contribution < -0.4 is 0 Å². The lowest BCUT2D eigenvalue weighted by Crippen LogP contribution is -2.53. The normalized spacial score (nSPS) is 28.0. The van der Waals surface area contributed by atoms with E-state index in [4.69, 9.17) is 21.1 Å². The van der Waals surface area contributed by atoms with E-state index in [9.17, 15) is 9.59 Å². The third kappa shape index (κ3) is 2.96. The van der Waals surface area contributed by atoms with Crippen molar-refractivity contribution in [3.63, 3.8) is 0 Å². The molecule has 2 heterocycles. The van der Waals surface area contributed by atoms with Gasteiger partial charge < -0.3 is 14.4 Å². The molecule has 0 saturated carbocycles. The number of ether oxygens (including phenoxy) is 2. The van der Waals surface area contributed by atoms with Crippen LogP contribution in [0.25, 0.3) is 0 Å². The first kappa shape index (κ1) is 15.3. The van der Waals surface area contributed by atoms with Gasteiger partial charge >= 0.3 is 5.97 Å². The van der Waals surface area contributed by atoms with Crippen LogP contribution in [0.5, 0.6) is 0 Å². The predicted molar refractivity (Wildman–Crippen MR) is 80.9 cm³/mol. The number of esters is 1. The highest BCUT2D eigenvalue weighted by Crippen LogP contribution is 2.25. The Balaban J connectivity index is 1.77. The van der Waals surface area contributed by atoms with E-state index >= 15 is 0 Å². The Hall–Kier alpha value is -1.59. The highest BCUT2D eigenvalue weighted by molar-refractivity contribution is 6.31. The maximum absolute atomic E-state index is 12.6. The first-order chi connectivity index (χ1) is 10.4. The van der Waals surface area contributed by atoms with Gasteiger partial charge in [0, 0.05) is 24.5 Å². The number of benzene rings is 1. The highest BCUT2D eigenvalue weighted by Gasteiger charge is 2.36. The van der Waals surface area contributed by atoms with Crippen molar-refractivity contribution in [3.8, 4) is 0 Å². The average molecular weight is 324 g/mol. The zero-order valence-electron chi connectivity index (χ0n) is 12.5. The van der Waals surface area contributed by atoms with Crippen molar-refractivity contribution >= 4 is 23.5 Å². The molecule has 1 fully saturated rings. The average Bonchev–Trinajstić information content (AvgIpc) is 2.46. The molecule has 1 amide bonds. The lowest BCUT2D eigenvalue weighted by atomic mass is 9.97. The number of nitrogens with zero attached hydrogens (tertiary/aromatic N) is 1. The topological polar surface area (TPSA) is 55.8 Å². The maximum atomic E-state index is 12.6. The van der Waals surface area contributed by atoms with Crippen molar-refractivity contribution in [1.29, 1.82) is 0 Å². The molecule has 22 heavy (non-hydrogen) atoms. The Labute approximate surface area is 134 Å². The third-order valence-corrected chi connectivity index (χ3v) is 4.19. The minimum Gasteiger partial charge on any atom is -0.448 e. The quantitative estimate of drug-likeness (QED) is 0.742. The number of rotatable bonds is 1. The number of morpholine rings is 1. The van der Waals surface area contributed by atoms with Gasteiger partial charge in [-0.15, -0.1) is 0 Å². The molecule has 6 heteroatoms. The van der Waals surface area contributed by atoms with Gasteiger partial charge in [0.15, 0.2) is 6.10 Å². The highest BCUT2D eigenvalue weighted by atomic mass is 35.5. The van der Waals surface area contributed by atoms with E-state index < -0.39 is 12.1 Å². The number of hydrogen-bond donors (Lipinski definition) is 0. The smallest absolute Gasteiger partial charge is 0.339 e. The molecule has 0 unspecified atom stereocenters. The summed E-state index contributed by atoms with van der Waals surface area (Å²) < 4.78 is 11.0. The molecule has 0 bridgehead atoms. The molecule has 0 N–H and O–H groups in total. The van der Waals surface area contributed by atoms with E-state index in [1.54, 1.807) is 23.1 Å². The van der Waals surface area contributed by atoms with E-state index in [0.717, 1.165) is 5.56 Å². The second kappa shape index (κ2) is 5.89. The lowest BCUT2D eigenvalue weighted by molar-refractivity contribution is -0.152. The Morgan fingerprint density at radius 2 is 1.95 bits per heavy atom. The SMILES string of the molecule is C[C@@H]1CN(C(=O)[C@@H]2Cc3ccc(Cl)cc3C(=O)O2)C[C@H](C)O1. The van der Waals surface area contributed by atoms with E-state index in [2.05, 4.69) is 0 Å². The number of carbonyl (C=O) groups excluding carboxylic acids is 2. The Bertz CT molecular complexity index is 608. The summed E-state index contributed by atoms with van der Waals surface area (Å²) in [6.45, 7) is 4.90. The van der Waals surface area contributed by atoms with Crippen molar-refractivity contribution in [3.05, 3.63) is 34.3 Å². The minimum atomic E-state index is -0.765. The number of fused-ring (bicyclic) bond motifs is 1. The van der Waals surface area contributed by atoms with E-state index in [1.165, 1.54) is 0 Å². The lowest BCUT2D eigenvalue weighted by Gasteiger charge is -2.37. The summed E-state index contributed by atoms with van der Waals surface area (Å²) >= 11 is 5.90. The van der Waals surface area contributed by atoms with E-state index in [-0.39, 0.29) is 18.1 Å². The van der Waals surface area contributed by atoms with Gasteiger partial charge in [-0.05, 0) is 31.5 Å². The van der Waals surface area contributed by atoms with E-state index in [1.807, 2.05) is 13.8 Å². The standard InChI is InChI=1S/C16H18ClNO4/c1-9-7-18(8-10(2)21-9)15(19)14-5-11-3-4-12(17)6-13(11)16(20)22-14/h3-4,6,9-10,14H,5,7-8H2,1-2H3/t9-,10+,14-/m0/s1. The number of hydrogen-bond acceptors (Lipinski definition) is 4. The van der Waals surface area contributed by atoms with Gasteiger partial charge in [-0.3, -0.25) is 4.79 Å². The molecule has 2 aliphatic heterocycles. The van der Waals surface area contributed by atoms with Crippen LogP contribution in [0.2, 0.25) is 5.02 Å². The fourth-order valence-electron chi connectivity index (χ4n) is 3.05. The Kier molecular flexibility index (Phi) is 4.10. The molecule has 0 radical (unpaired) electrons. The zero-order chi connectivity index (χ0) is 15.9. The van der Waals surface area contributed by atoms with Crippen molar-refractivity contribution in [1.82, 2.24) is 4.90 Å². The fourth-order valence-corrected chi connectivity index (χ4v) is 3.22. The van der Waals surface area contributed by atoms with Crippen molar-refractivity contribution in [2.45, 2.75) is 38.6 Å². The molecule has 5 nitrogen and oxygen atoms in total. The van der Waals surface area contributed by atoms with Crippen molar-refractivity contribution in [2.75, 3.05) is 13.1 Å². The van der Waals surface area contributed by atoms with Crippen LogP contribution in [0, 0.1) is 0 Å². The number of halogens is 1. The van der Waals surface area contributed by atoms with Gasteiger partial charge in [0.05, 0.1) is 17.8 Å². The summed E-state index contributed by atoms with van der Waals surface area (Å²) in [7, 11) is 0. The van der Waals surface area contributed by atoms with Gasteiger partial charge in [-0.1, -0.05) is 17.7 Å². The third-order valence-electron chi connectivity index (χ3n) is 3.95. The molecule has 3 rings (SSSR count). The zero-order valence-corrected chi connectivity index (χ0v) is 13.3. The predicted octanol–water partition coefficient (Wildman–Crippen LogP) is 2.06. The van der Waals surface area contributed by atoms with Gasteiger partial charge in [0.25, 0.3) is 5.91 Å². The maximum Gasteiger partial charge on any atom is 0.339 e. The number of amides is 1. The van der Waals surface area contributed by atoms with Gasteiger partial charge in [0.1, 0.15) is 0 Å². The fraction of sp³-hybridized carbons (Fsp3) is 0.500. The van der Waals surface area contributed by atoms with Crippen LogP contribution in [0.3, 0.4) is 0 Å². The summed E-state index contributed by atoms with van der Waals surface area (Å²) in [4.78, 5) is 26.4. The second-order valence-corrected chi connectivity index (χ2v) is 6.34. The molecule has 1 aromatic rings. The van der Waals surface area contributed by atoms with Crippen LogP contribution in [0.4, 0.5) is 0 Å². The number of carbonyl (C=O) groups is 2. The molecule has 1 aromatic carbocycles. The van der Waals surface area contributed by atoms with Gasteiger partial charge in [0.2, 0.25) is 0 Å². The van der Waals surface area contributed by atoms with Crippen LogP contribution >= 0.6 is 11.6 Å². The summed E-state index contributed by atoms with van der Waals surface area (Å²) in [5.74, 6) is -0.646. The monoisotopic (exact) mass is 323 g/mol. The van der Waals surface area contributed by atoms with E-state index in [0.29, 0.717) is 30.1 Å². The van der Waals surface area contributed by atoms with Crippen LogP contribution in [0.15, 0.2) is 18.2 Å².